The molecule has 0 bridgehead atoms. The Hall–Kier alpha value is -1.58. The predicted molar refractivity (Wildman–Crippen MR) is 83.3 cm³/mol. The number of nitrogens with one attached hydrogen (secondary N) is 2. The van der Waals surface area contributed by atoms with Crippen molar-refractivity contribution in [3.8, 4) is 0 Å². The van der Waals surface area contributed by atoms with E-state index in [1.165, 1.54) is 18.1 Å². The van der Waals surface area contributed by atoms with Crippen molar-refractivity contribution < 1.29 is 8.42 Å². The maximum atomic E-state index is 12.0. The van der Waals surface area contributed by atoms with Gasteiger partial charge in [-0.15, -0.1) is 11.8 Å². The van der Waals surface area contributed by atoms with Gasteiger partial charge in [0.15, 0.2) is 0 Å². The Bertz CT molecular complexity index is 673. The highest BCUT2D eigenvalue weighted by molar-refractivity contribution is 8.00. The maximum Gasteiger partial charge on any atom is 0.213 e. The molecule has 0 fully saturated rings. The number of rotatable bonds is 7. The number of thioether (sulfide) groups is 1. The third-order valence-electron chi connectivity index (χ3n) is 2.73. The van der Waals surface area contributed by atoms with Gasteiger partial charge in [-0.05, 0) is 19.1 Å². The van der Waals surface area contributed by atoms with Crippen molar-refractivity contribution in [2.24, 2.45) is 0 Å². The van der Waals surface area contributed by atoms with Crippen molar-refractivity contribution in [2.75, 3.05) is 17.2 Å². The molecule has 0 amide bonds. The molecule has 0 aliphatic carbocycles. The highest BCUT2D eigenvalue weighted by Gasteiger charge is 2.17. The van der Waals surface area contributed by atoms with Crippen LogP contribution in [0.1, 0.15) is 18.8 Å². The smallest absolute Gasteiger partial charge is 0.213 e. The molecule has 1 aromatic carbocycles. The highest BCUT2D eigenvalue weighted by atomic mass is 32.2. The van der Waals surface area contributed by atoms with Gasteiger partial charge in [0.05, 0.1) is 11.8 Å². The number of para-hydroxylation sites is 1. The first-order valence-corrected chi connectivity index (χ1v) is 8.94. The van der Waals surface area contributed by atoms with Crippen molar-refractivity contribution in [2.45, 2.75) is 17.9 Å². The van der Waals surface area contributed by atoms with E-state index in [2.05, 4.69) is 19.9 Å². The molecule has 0 spiro atoms. The molecule has 1 unspecified atom stereocenters. The zero-order chi connectivity index (χ0) is 15.3. The number of nitrogens with zero attached hydrogens (tertiary/aromatic N) is 2. The average Bonchev–Trinajstić information content (AvgIpc) is 2.94. The molecule has 7 nitrogen and oxygen atoms in total. The first kappa shape index (κ1) is 15.8. The van der Waals surface area contributed by atoms with Gasteiger partial charge in [-0.25, -0.2) is 18.1 Å². The highest BCUT2D eigenvalue weighted by Crippen LogP contribution is 2.24. The van der Waals surface area contributed by atoms with E-state index < -0.39 is 16.1 Å². The van der Waals surface area contributed by atoms with E-state index in [1.54, 1.807) is 13.0 Å². The molecular weight excluding hydrogens is 310 g/mol. The third kappa shape index (κ3) is 4.73. The molecule has 21 heavy (non-hydrogen) atoms. The second-order valence-corrected chi connectivity index (χ2v) is 7.43. The number of aromatic nitrogens is 3. The summed E-state index contributed by atoms with van der Waals surface area (Å²) in [6, 6.07) is 6.94. The van der Waals surface area contributed by atoms with Crippen LogP contribution in [0.4, 0.5) is 5.69 Å². The first-order valence-electron chi connectivity index (χ1n) is 6.30. The van der Waals surface area contributed by atoms with Gasteiger partial charge in [0.25, 0.3) is 0 Å². The monoisotopic (exact) mass is 327 g/mol. The summed E-state index contributed by atoms with van der Waals surface area (Å²) >= 11 is 1.42. The van der Waals surface area contributed by atoms with Gasteiger partial charge in [-0.3, -0.25) is 5.10 Å². The van der Waals surface area contributed by atoms with Gasteiger partial charge in [-0.2, -0.15) is 5.10 Å². The lowest BCUT2D eigenvalue weighted by Crippen LogP contribution is -2.30. The minimum absolute atomic E-state index is 0.00444. The number of nitrogen functional groups attached to an aromatic ring is 1. The number of benzene rings is 1. The lowest BCUT2D eigenvalue weighted by Gasteiger charge is -2.11. The summed E-state index contributed by atoms with van der Waals surface area (Å²) in [4.78, 5) is 4.81. The van der Waals surface area contributed by atoms with Crippen LogP contribution in [0.5, 0.6) is 0 Å². The molecule has 0 saturated carbocycles. The Balaban J connectivity index is 1.86. The average molecular weight is 327 g/mol. The largest absolute Gasteiger partial charge is 0.398 e. The lowest BCUT2D eigenvalue weighted by atomic mass is 10.3. The Kier molecular flexibility index (Phi) is 5.21. The van der Waals surface area contributed by atoms with Crippen LogP contribution in [-0.4, -0.2) is 35.1 Å². The fraction of sp³-hybridized carbons (Fsp3) is 0.333. The molecule has 1 heterocycles. The van der Waals surface area contributed by atoms with Crippen molar-refractivity contribution in [3.05, 3.63) is 36.4 Å². The molecule has 0 saturated heterocycles. The van der Waals surface area contributed by atoms with Crippen LogP contribution in [0, 0.1) is 0 Å². The topological polar surface area (TPSA) is 114 Å². The molecule has 0 radical (unpaired) electrons. The van der Waals surface area contributed by atoms with Gasteiger partial charge in [0, 0.05) is 16.3 Å². The Labute approximate surface area is 127 Å². The van der Waals surface area contributed by atoms with E-state index in [4.69, 9.17) is 5.73 Å². The zero-order valence-electron chi connectivity index (χ0n) is 11.5. The molecule has 4 N–H and O–H groups in total. The van der Waals surface area contributed by atoms with Gasteiger partial charge in [0.2, 0.25) is 10.0 Å². The summed E-state index contributed by atoms with van der Waals surface area (Å²) in [5.74, 6) is 0.912. The third-order valence-corrected chi connectivity index (χ3v) is 5.53. The normalized spacial score (nSPS) is 13.2. The van der Waals surface area contributed by atoms with Gasteiger partial charge in [0.1, 0.15) is 12.2 Å². The van der Waals surface area contributed by atoms with Crippen LogP contribution >= 0.6 is 11.8 Å². The van der Waals surface area contributed by atoms with E-state index in [-0.39, 0.29) is 5.75 Å². The minimum Gasteiger partial charge on any atom is -0.398 e. The van der Waals surface area contributed by atoms with Crippen LogP contribution in [0.25, 0.3) is 0 Å². The standard InChI is InChI=1S/C12H17N5O2S2/c1-9(12-14-8-15-16-12)17-21(18,19)7-6-20-11-5-3-2-4-10(11)13/h2-5,8-9,17H,6-7,13H2,1H3,(H,14,15,16). The number of nitrogens with two attached hydrogens (primary N) is 1. The van der Waals surface area contributed by atoms with Crippen molar-refractivity contribution in [1.29, 1.82) is 0 Å². The molecular formula is C12H17N5O2S2. The van der Waals surface area contributed by atoms with Crippen LogP contribution in [0.2, 0.25) is 0 Å². The Morgan fingerprint density at radius 1 is 1.43 bits per heavy atom. The van der Waals surface area contributed by atoms with Crippen molar-refractivity contribution in [1.82, 2.24) is 19.9 Å². The van der Waals surface area contributed by atoms with Gasteiger partial charge < -0.3 is 5.73 Å². The van der Waals surface area contributed by atoms with E-state index >= 15 is 0 Å². The van der Waals surface area contributed by atoms with Gasteiger partial charge in [-0.1, -0.05) is 12.1 Å². The van der Waals surface area contributed by atoms with Crippen LogP contribution in [0.3, 0.4) is 0 Å². The summed E-state index contributed by atoms with van der Waals surface area (Å²) in [5.41, 5.74) is 6.47. The number of hydrogen-bond acceptors (Lipinski definition) is 6. The fourth-order valence-corrected chi connectivity index (χ4v) is 4.29. The second-order valence-electron chi connectivity index (χ2n) is 4.42. The van der Waals surface area contributed by atoms with Crippen LogP contribution in [0.15, 0.2) is 35.5 Å². The van der Waals surface area contributed by atoms with Crippen LogP contribution < -0.4 is 10.5 Å². The first-order chi connectivity index (χ1) is 9.98. The number of sulfonamides is 1. The Morgan fingerprint density at radius 3 is 2.86 bits per heavy atom. The van der Waals surface area contributed by atoms with Crippen molar-refractivity contribution in [3.63, 3.8) is 0 Å². The van der Waals surface area contributed by atoms with E-state index in [1.807, 2.05) is 18.2 Å². The second kappa shape index (κ2) is 6.92. The molecule has 2 rings (SSSR count). The van der Waals surface area contributed by atoms with E-state index in [9.17, 15) is 8.42 Å². The number of hydrogen-bond donors (Lipinski definition) is 3. The molecule has 0 aliphatic heterocycles. The molecule has 114 valence electrons. The maximum absolute atomic E-state index is 12.0. The molecule has 9 heteroatoms. The fourth-order valence-electron chi connectivity index (χ4n) is 1.68. The summed E-state index contributed by atoms with van der Waals surface area (Å²) in [7, 11) is -3.39. The SMILES string of the molecule is CC(NS(=O)(=O)CCSc1ccccc1N)c1ncn[nH]1. The zero-order valence-corrected chi connectivity index (χ0v) is 13.1. The lowest BCUT2D eigenvalue weighted by molar-refractivity contribution is 0.562. The summed E-state index contributed by atoms with van der Waals surface area (Å²) in [5, 5.41) is 6.33. The Morgan fingerprint density at radius 2 is 2.19 bits per heavy atom. The molecule has 2 aromatic rings. The van der Waals surface area contributed by atoms with Crippen molar-refractivity contribution >= 4 is 27.5 Å². The number of aromatic amines is 1. The minimum atomic E-state index is -3.39. The molecule has 1 atom stereocenters. The molecule has 1 aromatic heterocycles. The number of H-pyrrole nitrogens is 1. The summed E-state index contributed by atoms with van der Waals surface area (Å²) in [6.07, 6.45) is 1.34. The number of anilines is 1. The summed E-state index contributed by atoms with van der Waals surface area (Å²) in [6.45, 7) is 1.71. The summed E-state index contributed by atoms with van der Waals surface area (Å²) < 4.78 is 26.5. The van der Waals surface area contributed by atoms with Gasteiger partial charge >= 0.3 is 0 Å². The predicted octanol–water partition coefficient (Wildman–Crippen LogP) is 1.16. The quantitative estimate of drug-likeness (QED) is 0.519. The van der Waals surface area contributed by atoms with E-state index in [0.29, 0.717) is 17.3 Å². The van der Waals surface area contributed by atoms with Crippen LogP contribution in [-0.2, 0) is 10.0 Å². The van der Waals surface area contributed by atoms with E-state index in [0.717, 1.165) is 4.90 Å². The molecule has 0 aliphatic rings.